The summed E-state index contributed by atoms with van der Waals surface area (Å²) in [6.45, 7) is 0. The van der Waals surface area contributed by atoms with Crippen molar-refractivity contribution < 1.29 is 18.3 Å². The summed E-state index contributed by atoms with van der Waals surface area (Å²) >= 11 is 1.79. The van der Waals surface area contributed by atoms with E-state index in [1.807, 2.05) is 0 Å². The van der Waals surface area contributed by atoms with Crippen LogP contribution in [0.2, 0.25) is 0 Å². The van der Waals surface area contributed by atoms with E-state index in [9.17, 15) is 13.6 Å². The summed E-state index contributed by atoms with van der Waals surface area (Å²) in [6, 6.07) is 2.93. The lowest BCUT2D eigenvalue weighted by Crippen LogP contribution is -2.11. The third-order valence-corrected chi connectivity index (χ3v) is 2.54. The molecule has 0 spiro atoms. The SMILES string of the molecule is COC(=O)Cc1nc(I)cc(C#N)c1C(F)F. The van der Waals surface area contributed by atoms with Crippen LogP contribution in [-0.4, -0.2) is 18.1 Å². The Morgan fingerprint density at radius 3 is 2.82 bits per heavy atom. The minimum absolute atomic E-state index is 0.115. The third kappa shape index (κ3) is 3.33. The molecule has 90 valence electrons. The topological polar surface area (TPSA) is 63.0 Å². The average molecular weight is 352 g/mol. The molecule has 1 aromatic rings. The van der Waals surface area contributed by atoms with Crippen LogP contribution in [0.1, 0.15) is 23.2 Å². The Morgan fingerprint density at radius 2 is 2.35 bits per heavy atom. The van der Waals surface area contributed by atoms with Crippen LogP contribution in [0.25, 0.3) is 0 Å². The highest BCUT2D eigenvalue weighted by Gasteiger charge is 2.22. The van der Waals surface area contributed by atoms with Gasteiger partial charge in [-0.3, -0.25) is 4.79 Å². The molecule has 0 aromatic carbocycles. The minimum atomic E-state index is -2.85. The van der Waals surface area contributed by atoms with Gasteiger partial charge in [0.1, 0.15) is 3.70 Å². The van der Waals surface area contributed by atoms with E-state index in [2.05, 4.69) is 9.72 Å². The van der Waals surface area contributed by atoms with Gasteiger partial charge in [-0.05, 0) is 28.7 Å². The number of ether oxygens (including phenoxy) is 1. The summed E-state index contributed by atoms with van der Waals surface area (Å²) < 4.78 is 30.4. The molecule has 0 amide bonds. The highest BCUT2D eigenvalue weighted by molar-refractivity contribution is 14.1. The van der Waals surface area contributed by atoms with E-state index in [0.717, 1.165) is 7.11 Å². The summed E-state index contributed by atoms with van der Waals surface area (Å²) in [5.41, 5.74) is -0.785. The Labute approximate surface area is 110 Å². The van der Waals surface area contributed by atoms with Crippen LogP contribution >= 0.6 is 22.6 Å². The van der Waals surface area contributed by atoms with Gasteiger partial charge in [0.15, 0.2) is 0 Å². The van der Waals surface area contributed by atoms with Crippen LogP contribution in [-0.2, 0) is 16.0 Å². The molecule has 0 aliphatic carbocycles. The van der Waals surface area contributed by atoms with E-state index in [1.54, 1.807) is 28.7 Å². The second-order valence-corrected chi connectivity index (χ2v) is 4.12. The van der Waals surface area contributed by atoms with Gasteiger partial charge in [-0.15, -0.1) is 0 Å². The van der Waals surface area contributed by atoms with Crippen molar-refractivity contribution in [2.75, 3.05) is 7.11 Å². The molecule has 1 rings (SSSR count). The molecule has 0 unspecified atom stereocenters. The van der Waals surface area contributed by atoms with Crippen LogP contribution in [0.3, 0.4) is 0 Å². The molecule has 0 atom stereocenters. The summed E-state index contributed by atoms with van der Waals surface area (Å²) in [6.07, 6.45) is -3.23. The number of carbonyl (C=O) groups is 1. The summed E-state index contributed by atoms with van der Waals surface area (Å²) in [5.74, 6) is -0.676. The van der Waals surface area contributed by atoms with Crippen molar-refractivity contribution in [2.24, 2.45) is 0 Å². The maximum atomic E-state index is 12.8. The number of halogens is 3. The van der Waals surface area contributed by atoms with Crippen molar-refractivity contribution in [3.63, 3.8) is 0 Å². The maximum absolute atomic E-state index is 12.8. The first-order chi connectivity index (χ1) is 7.99. The number of hydrogen-bond donors (Lipinski definition) is 0. The normalized spacial score (nSPS) is 10.1. The van der Waals surface area contributed by atoms with Crippen LogP contribution in [0, 0.1) is 15.0 Å². The number of methoxy groups -OCH3 is 1. The molecule has 0 fully saturated rings. The fourth-order valence-electron chi connectivity index (χ4n) is 1.25. The van der Waals surface area contributed by atoms with Gasteiger partial charge in [-0.25, -0.2) is 13.8 Å². The maximum Gasteiger partial charge on any atom is 0.311 e. The number of aromatic nitrogens is 1. The van der Waals surface area contributed by atoms with E-state index in [4.69, 9.17) is 5.26 Å². The molecule has 0 N–H and O–H groups in total. The Balaban J connectivity index is 3.31. The predicted molar refractivity (Wildman–Crippen MR) is 62.3 cm³/mol. The molecular weight excluding hydrogens is 345 g/mol. The number of esters is 1. The summed E-state index contributed by atoms with van der Waals surface area (Å²) in [4.78, 5) is 14.9. The Bertz CT molecular complexity index is 486. The molecule has 0 bridgehead atoms. The third-order valence-electron chi connectivity index (χ3n) is 1.98. The van der Waals surface area contributed by atoms with Crippen molar-refractivity contribution in [3.05, 3.63) is 26.6 Å². The van der Waals surface area contributed by atoms with Gasteiger partial charge in [0.2, 0.25) is 0 Å². The van der Waals surface area contributed by atoms with E-state index < -0.39 is 18.0 Å². The van der Waals surface area contributed by atoms with E-state index in [1.165, 1.54) is 6.07 Å². The van der Waals surface area contributed by atoms with Crippen molar-refractivity contribution >= 4 is 28.6 Å². The van der Waals surface area contributed by atoms with Gasteiger partial charge < -0.3 is 4.74 Å². The lowest BCUT2D eigenvalue weighted by molar-refractivity contribution is -0.139. The highest BCUT2D eigenvalue weighted by atomic mass is 127. The lowest BCUT2D eigenvalue weighted by atomic mass is 10.1. The molecule has 0 radical (unpaired) electrons. The number of alkyl halides is 2. The fraction of sp³-hybridized carbons (Fsp3) is 0.300. The van der Waals surface area contributed by atoms with Crippen molar-refractivity contribution in [2.45, 2.75) is 12.8 Å². The van der Waals surface area contributed by atoms with Gasteiger partial charge in [0.05, 0.1) is 36.4 Å². The molecule has 7 heteroatoms. The van der Waals surface area contributed by atoms with E-state index in [-0.39, 0.29) is 17.7 Å². The number of carbonyl (C=O) groups excluding carboxylic acids is 1. The molecule has 0 aliphatic rings. The monoisotopic (exact) mass is 352 g/mol. The van der Waals surface area contributed by atoms with Crippen LogP contribution in [0.5, 0.6) is 0 Å². The van der Waals surface area contributed by atoms with E-state index >= 15 is 0 Å². The summed E-state index contributed by atoms with van der Waals surface area (Å²) in [7, 11) is 1.16. The molecule has 1 aromatic heterocycles. The number of nitriles is 1. The van der Waals surface area contributed by atoms with Gasteiger partial charge in [0.25, 0.3) is 6.43 Å². The minimum Gasteiger partial charge on any atom is -0.469 e. The Kier molecular flexibility index (Phi) is 4.74. The standard InChI is InChI=1S/C10H7F2IN2O2/c1-17-8(16)3-6-9(10(11)12)5(4-14)2-7(13)15-6/h2,10H,3H2,1H3. The smallest absolute Gasteiger partial charge is 0.311 e. The van der Waals surface area contributed by atoms with Gasteiger partial charge in [0, 0.05) is 0 Å². The number of hydrogen-bond acceptors (Lipinski definition) is 4. The van der Waals surface area contributed by atoms with Crippen molar-refractivity contribution in [1.82, 2.24) is 4.98 Å². The second-order valence-electron chi connectivity index (χ2n) is 3.02. The number of nitrogens with zero attached hydrogens (tertiary/aromatic N) is 2. The van der Waals surface area contributed by atoms with Crippen LogP contribution < -0.4 is 0 Å². The lowest BCUT2D eigenvalue weighted by Gasteiger charge is -2.09. The molecule has 0 aliphatic heterocycles. The molecule has 0 saturated heterocycles. The Morgan fingerprint density at radius 1 is 1.71 bits per heavy atom. The molecule has 17 heavy (non-hydrogen) atoms. The van der Waals surface area contributed by atoms with Crippen molar-refractivity contribution in [3.8, 4) is 6.07 Å². The molecule has 1 heterocycles. The van der Waals surface area contributed by atoms with Gasteiger partial charge in [-0.1, -0.05) is 0 Å². The highest BCUT2D eigenvalue weighted by Crippen LogP contribution is 2.27. The zero-order valence-electron chi connectivity index (χ0n) is 8.71. The summed E-state index contributed by atoms with van der Waals surface area (Å²) in [5, 5.41) is 8.78. The zero-order valence-corrected chi connectivity index (χ0v) is 10.9. The van der Waals surface area contributed by atoms with E-state index in [0.29, 0.717) is 3.70 Å². The largest absolute Gasteiger partial charge is 0.469 e. The first-order valence-corrected chi connectivity index (χ1v) is 5.51. The van der Waals surface area contributed by atoms with Crippen LogP contribution in [0.15, 0.2) is 6.07 Å². The first kappa shape index (κ1) is 13.8. The molecule has 4 nitrogen and oxygen atoms in total. The van der Waals surface area contributed by atoms with Crippen LogP contribution in [0.4, 0.5) is 8.78 Å². The fourth-order valence-corrected chi connectivity index (χ4v) is 1.86. The predicted octanol–water partition coefficient (Wildman–Crippen LogP) is 2.21. The van der Waals surface area contributed by atoms with Gasteiger partial charge >= 0.3 is 5.97 Å². The second kappa shape index (κ2) is 5.86. The quantitative estimate of drug-likeness (QED) is 0.475. The molecular formula is C10H7F2IN2O2. The Hall–Kier alpha value is -1.30. The average Bonchev–Trinajstić information content (AvgIpc) is 2.27. The zero-order chi connectivity index (χ0) is 13.0. The molecule has 0 saturated carbocycles. The number of pyridine rings is 1. The van der Waals surface area contributed by atoms with Gasteiger partial charge in [-0.2, -0.15) is 5.26 Å². The number of rotatable bonds is 3. The van der Waals surface area contributed by atoms with Crippen molar-refractivity contribution in [1.29, 1.82) is 5.26 Å². The first-order valence-electron chi connectivity index (χ1n) is 4.44.